The maximum Gasteiger partial charge on any atom is 0.241 e. The van der Waals surface area contributed by atoms with Crippen molar-refractivity contribution < 1.29 is 8.42 Å². The highest BCUT2D eigenvalue weighted by Gasteiger charge is 2.20. The van der Waals surface area contributed by atoms with Crippen molar-refractivity contribution in [1.82, 2.24) is 4.72 Å². The molecule has 21 heavy (non-hydrogen) atoms. The molecule has 0 saturated heterocycles. The summed E-state index contributed by atoms with van der Waals surface area (Å²) >= 11 is 5.89. The Morgan fingerprint density at radius 2 is 1.90 bits per heavy atom. The van der Waals surface area contributed by atoms with Crippen molar-refractivity contribution in [2.75, 3.05) is 5.73 Å². The molecule has 0 amide bonds. The minimum Gasteiger partial charge on any atom is -0.398 e. The van der Waals surface area contributed by atoms with Gasteiger partial charge in [0, 0.05) is 17.3 Å². The van der Waals surface area contributed by atoms with Gasteiger partial charge in [-0.05, 0) is 48.7 Å². The van der Waals surface area contributed by atoms with Crippen molar-refractivity contribution in [3.05, 3.63) is 58.1 Å². The number of nitrogens with two attached hydrogens (primary N) is 1. The lowest BCUT2D eigenvalue weighted by Gasteiger charge is -2.13. The molecule has 112 valence electrons. The van der Waals surface area contributed by atoms with E-state index in [2.05, 4.69) is 4.72 Å². The highest BCUT2D eigenvalue weighted by Crippen LogP contribution is 2.24. The van der Waals surface area contributed by atoms with E-state index in [1.807, 2.05) is 6.07 Å². The van der Waals surface area contributed by atoms with Crippen LogP contribution >= 0.6 is 11.6 Å². The van der Waals surface area contributed by atoms with Crippen molar-refractivity contribution >= 4 is 27.3 Å². The first-order chi connectivity index (χ1) is 9.81. The number of anilines is 1. The fourth-order valence-electron chi connectivity index (χ4n) is 2.15. The van der Waals surface area contributed by atoms with Crippen molar-refractivity contribution in [2.45, 2.75) is 25.3 Å². The first-order valence-corrected chi connectivity index (χ1v) is 8.27. The molecule has 0 unspecified atom stereocenters. The largest absolute Gasteiger partial charge is 0.398 e. The van der Waals surface area contributed by atoms with Crippen LogP contribution in [0.15, 0.2) is 41.3 Å². The third-order valence-electron chi connectivity index (χ3n) is 3.27. The summed E-state index contributed by atoms with van der Waals surface area (Å²) in [5.41, 5.74) is 8.29. The molecule has 0 saturated carbocycles. The highest BCUT2D eigenvalue weighted by molar-refractivity contribution is 7.89. The summed E-state index contributed by atoms with van der Waals surface area (Å²) in [6, 6.07) is 10.5. The summed E-state index contributed by atoms with van der Waals surface area (Å²) in [5.74, 6) is 0. The number of hydrogen-bond acceptors (Lipinski definition) is 3. The zero-order valence-corrected chi connectivity index (χ0v) is 13.4. The van der Waals surface area contributed by atoms with Crippen LogP contribution in [-0.4, -0.2) is 8.42 Å². The van der Waals surface area contributed by atoms with Gasteiger partial charge >= 0.3 is 0 Å². The van der Waals surface area contributed by atoms with E-state index in [4.69, 9.17) is 17.3 Å². The fraction of sp³-hybridized carbons (Fsp3) is 0.200. The van der Waals surface area contributed by atoms with E-state index in [1.54, 1.807) is 44.2 Å². The molecule has 0 spiro atoms. The normalized spacial score (nSPS) is 11.6. The van der Waals surface area contributed by atoms with Gasteiger partial charge in [0.15, 0.2) is 0 Å². The molecule has 2 rings (SSSR count). The number of rotatable bonds is 4. The molecule has 0 fully saturated rings. The molecular formula is C15H17ClN2O2S. The Balaban J connectivity index is 2.29. The second-order valence-corrected chi connectivity index (χ2v) is 7.02. The Bertz CT molecular complexity index is 773. The Labute approximate surface area is 130 Å². The third-order valence-corrected chi connectivity index (χ3v) is 5.19. The van der Waals surface area contributed by atoms with Crippen molar-refractivity contribution in [2.24, 2.45) is 0 Å². The molecule has 3 N–H and O–H groups in total. The minimum absolute atomic E-state index is 0.177. The lowest BCUT2D eigenvalue weighted by molar-refractivity contribution is 0.580. The summed E-state index contributed by atoms with van der Waals surface area (Å²) in [5, 5.41) is 0.572. The first kappa shape index (κ1) is 15.8. The molecule has 0 aromatic heterocycles. The molecule has 0 atom stereocenters. The average molecular weight is 325 g/mol. The van der Waals surface area contributed by atoms with Gasteiger partial charge in [-0.1, -0.05) is 29.8 Å². The molecular weight excluding hydrogens is 308 g/mol. The topological polar surface area (TPSA) is 72.2 Å². The van der Waals surface area contributed by atoms with E-state index in [1.165, 1.54) is 0 Å². The number of halogens is 1. The van der Waals surface area contributed by atoms with Crippen LogP contribution in [0.25, 0.3) is 0 Å². The van der Waals surface area contributed by atoms with Gasteiger partial charge in [0.2, 0.25) is 10.0 Å². The number of sulfonamides is 1. The zero-order chi connectivity index (χ0) is 15.6. The first-order valence-electron chi connectivity index (χ1n) is 6.41. The SMILES string of the molecule is Cc1ccc(N)c(C)c1S(=O)(=O)NCc1cccc(Cl)c1. The van der Waals surface area contributed by atoms with Crippen LogP contribution < -0.4 is 10.5 Å². The van der Waals surface area contributed by atoms with Crippen molar-refractivity contribution in [1.29, 1.82) is 0 Å². The molecule has 0 heterocycles. The molecule has 0 bridgehead atoms. The second kappa shape index (κ2) is 6.05. The molecule has 4 nitrogen and oxygen atoms in total. The van der Waals surface area contributed by atoms with E-state index in [-0.39, 0.29) is 11.4 Å². The quantitative estimate of drug-likeness (QED) is 0.849. The summed E-state index contributed by atoms with van der Waals surface area (Å²) in [6.07, 6.45) is 0. The Morgan fingerprint density at radius 1 is 1.19 bits per heavy atom. The fourth-order valence-corrected chi connectivity index (χ4v) is 3.88. The summed E-state index contributed by atoms with van der Waals surface area (Å²) < 4.78 is 27.6. The van der Waals surface area contributed by atoms with Crippen LogP contribution in [0.4, 0.5) is 5.69 Å². The van der Waals surface area contributed by atoms with Gasteiger partial charge in [0.05, 0.1) is 4.90 Å². The molecule has 0 aliphatic carbocycles. The molecule has 2 aromatic rings. The van der Waals surface area contributed by atoms with E-state index >= 15 is 0 Å². The van der Waals surface area contributed by atoms with E-state index in [9.17, 15) is 8.42 Å². The third kappa shape index (κ3) is 3.56. The van der Waals surface area contributed by atoms with Gasteiger partial charge in [-0.2, -0.15) is 0 Å². The van der Waals surface area contributed by atoms with Crippen LogP contribution in [0.2, 0.25) is 5.02 Å². The van der Waals surface area contributed by atoms with E-state index in [0.717, 1.165) is 5.56 Å². The van der Waals surface area contributed by atoms with Crippen LogP contribution in [0.5, 0.6) is 0 Å². The minimum atomic E-state index is -3.63. The van der Waals surface area contributed by atoms with Crippen LogP contribution in [0.1, 0.15) is 16.7 Å². The van der Waals surface area contributed by atoms with E-state index < -0.39 is 10.0 Å². The Hall–Kier alpha value is -1.56. The Kier molecular flexibility index (Phi) is 4.56. The molecule has 0 aliphatic rings. The highest BCUT2D eigenvalue weighted by atomic mass is 35.5. The lowest BCUT2D eigenvalue weighted by Crippen LogP contribution is -2.25. The van der Waals surface area contributed by atoms with Crippen molar-refractivity contribution in [3.8, 4) is 0 Å². The number of hydrogen-bond donors (Lipinski definition) is 2. The van der Waals surface area contributed by atoms with Gasteiger partial charge in [-0.3, -0.25) is 0 Å². The summed E-state index contributed by atoms with van der Waals surface area (Å²) in [4.78, 5) is 0.240. The standard InChI is InChI=1S/C15H17ClN2O2S/c1-10-6-7-14(17)11(2)15(10)21(19,20)18-9-12-4-3-5-13(16)8-12/h3-8,18H,9,17H2,1-2H3. The molecule has 6 heteroatoms. The van der Waals surface area contributed by atoms with Crippen LogP contribution in [0, 0.1) is 13.8 Å². The van der Waals surface area contributed by atoms with Gasteiger partial charge in [0.1, 0.15) is 0 Å². The van der Waals surface area contributed by atoms with Gasteiger partial charge < -0.3 is 5.73 Å². The average Bonchev–Trinajstić information content (AvgIpc) is 2.41. The van der Waals surface area contributed by atoms with Crippen LogP contribution in [0.3, 0.4) is 0 Å². The second-order valence-electron chi connectivity index (χ2n) is 4.88. The summed E-state index contributed by atoms with van der Waals surface area (Å²) in [6.45, 7) is 3.63. The van der Waals surface area contributed by atoms with Gasteiger partial charge in [0.25, 0.3) is 0 Å². The number of nitrogens with one attached hydrogen (secondary N) is 1. The number of aryl methyl sites for hydroxylation is 1. The lowest BCUT2D eigenvalue weighted by atomic mass is 10.1. The maximum atomic E-state index is 12.5. The smallest absolute Gasteiger partial charge is 0.241 e. The Morgan fingerprint density at radius 3 is 2.57 bits per heavy atom. The predicted octanol–water partition coefficient (Wildman–Crippen LogP) is 3.02. The molecule has 2 aromatic carbocycles. The predicted molar refractivity (Wildman–Crippen MR) is 85.8 cm³/mol. The molecule has 0 radical (unpaired) electrons. The van der Waals surface area contributed by atoms with E-state index in [0.29, 0.717) is 21.8 Å². The monoisotopic (exact) mass is 324 g/mol. The van der Waals surface area contributed by atoms with Crippen LogP contribution in [-0.2, 0) is 16.6 Å². The number of nitrogen functional groups attached to an aromatic ring is 1. The van der Waals surface area contributed by atoms with Gasteiger partial charge in [-0.25, -0.2) is 13.1 Å². The summed E-state index contributed by atoms with van der Waals surface area (Å²) in [7, 11) is -3.63. The number of benzene rings is 2. The zero-order valence-electron chi connectivity index (χ0n) is 11.9. The molecule has 0 aliphatic heterocycles. The maximum absolute atomic E-state index is 12.5. The van der Waals surface area contributed by atoms with Gasteiger partial charge in [-0.15, -0.1) is 0 Å². The van der Waals surface area contributed by atoms with Crippen molar-refractivity contribution in [3.63, 3.8) is 0 Å².